The second-order valence-electron chi connectivity index (χ2n) is 8.88. The van der Waals surface area contributed by atoms with Crippen LogP contribution in [0.15, 0.2) is 48.8 Å². The van der Waals surface area contributed by atoms with Crippen molar-refractivity contribution in [1.29, 1.82) is 0 Å². The highest BCUT2D eigenvalue weighted by Gasteiger charge is 2.36. The monoisotopic (exact) mass is 531 g/mol. The van der Waals surface area contributed by atoms with Crippen LogP contribution in [-0.2, 0) is 6.18 Å². The lowest BCUT2D eigenvalue weighted by Gasteiger charge is -2.43. The Balaban J connectivity index is 1.58. The maximum absolute atomic E-state index is 13.5. The van der Waals surface area contributed by atoms with E-state index in [0.29, 0.717) is 41.5 Å². The second kappa shape index (κ2) is 10.7. The van der Waals surface area contributed by atoms with Gasteiger partial charge in [0.1, 0.15) is 23.0 Å². The summed E-state index contributed by atoms with van der Waals surface area (Å²) in [5.74, 6) is 0.723. The zero-order chi connectivity index (χ0) is 27.6. The molecule has 3 heterocycles. The van der Waals surface area contributed by atoms with Crippen LogP contribution in [0.2, 0.25) is 0 Å². The van der Waals surface area contributed by atoms with E-state index in [0.717, 1.165) is 12.1 Å². The lowest BCUT2D eigenvalue weighted by Crippen LogP contribution is -2.59. The molecule has 1 aromatic carbocycles. The molecule has 1 amide bonds. The molecule has 12 heteroatoms. The molecule has 3 aromatic rings. The molecule has 1 unspecified atom stereocenters. The molecule has 38 heavy (non-hydrogen) atoms. The van der Waals surface area contributed by atoms with Crippen LogP contribution in [0.4, 0.5) is 24.7 Å². The van der Waals surface area contributed by atoms with Gasteiger partial charge in [-0.1, -0.05) is 12.1 Å². The standard InChI is InChI=1S/C26H28F3N5O4/c1-15(35)21-14-33(20-13-32-24(30)11-23(20)38-3)8-9-34(21)25(36)19-10-22(37-2)18(12-31-19)16-4-6-17(7-5-16)26(27,28)29/h4-7,10-13,15,21,35H,8-9,14H2,1-3H3,(H2,30,32)/t15-,21?/m1/s1. The highest BCUT2D eigenvalue weighted by atomic mass is 19.4. The van der Waals surface area contributed by atoms with Crippen molar-refractivity contribution in [2.24, 2.45) is 0 Å². The van der Waals surface area contributed by atoms with Gasteiger partial charge in [-0.3, -0.25) is 9.78 Å². The number of carbonyl (C=O) groups excluding carboxylic acids is 1. The van der Waals surface area contributed by atoms with Crippen LogP contribution in [0.3, 0.4) is 0 Å². The summed E-state index contributed by atoms with van der Waals surface area (Å²) < 4.78 is 49.7. The van der Waals surface area contributed by atoms with E-state index in [1.54, 1.807) is 24.1 Å². The summed E-state index contributed by atoms with van der Waals surface area (Å²) in [7, 11) is 2.93. The number of pyridine rings is 2. The molecule has 0 radical (unpaired) electrons. The molecule has 4 rings (SSSR count). The number of anilines is 2. The van der Waals surface area contributed by atoms with E-state index in [9.17, 15) is 23.1 Å². The first kappa shape index (κ1) is 27.0. The van der Waals surface area contributed by atoms with Crippen molar-refractivity contribution in [2.45, 2.75) is 25.2 Å². The number of carbonyl (C=O) groups is 1. The Labute approximate surface area is 217 Å². The number of hydrogen-bond donors (Lipinski definition) is 2. The predicted octanol–water partition coefficient (Wildman–Crippen LogP) is 3.47. The number of ether oxygens (including phenoxy) is 2. The molecular formula is C26H28F3N5O4. The van der Waals surface area contributed by atoms with Gasteiger partial charge in [-0.05, 0) is 24.6 Å². The summed E-state index contributed by atoms with van der Waals surface area (Å²) in [5.41, 5.74) is 6.68. The lowest BCUT2D eigenvalue weighted by atomic mass is 10.0. The maximum atomic E-state index is 13.5. The molecule has 0 aliphatic carbocycles. The first-order valence-electron chi connectivity index (χ1n) is 11.8. The number of nitrogen functional groups attached to an aromatic ring is 1. The van der Waals surface area contributed by atoms with Crippen LogP contribution < -0.4 is 20.1 Å². The minimum Gasteiger partial charge on any atom is -0.496 e. The fourth-order valence-electron chi connectivity index (χ4n) is 4.47. The zero-order valence-corrected chi connectivity index (χ0v) is 21.1. The van der Waals surface area contributed by atoms with E-state index in [1.807, 2.05) is 4.90 Å². The van der Waals surface area contributed by atoms with Gasteiger partial charge in [-0.15, -0.1) is 0 Å². The second-order valence-corrected chi connectivity index (χ2v) is 8.88. The molecular weight excluding hydrogens is 503 g/mol. The normalized spacial score (nSPS) is 16.8. The molecule has 1 aliphatic rings. The molecule has 0 saturated carbocycles. The number of halogens is 3. The Morgan fingerprint density at radius 2 is 1.76 bits per heavy atom. The van der Waals surface area contributed by atoms with Gasteiger partial charge in [0.15, 0.2) is 0 Å². The summed E-state index contributed by atoms with van der Waals surface area (Å²) in [6, 6.07) is 7.10. The minimum absolute atomic E-state index is 0.0864. The number of aliphatic hydroxyl groups excluding tert-OH is 1. The number of piperazine rings is 1. The van der Waals surface area contributed by atoms with Crippen LogP contribution in [0.5, 0.6) is 11.5 Å². The molecule has 1 aliphatic heterocycles. The van der Waals surface area contributed by atoms with Crippen LogP contribution >= 0.6 is 0 Å². The molecule has 0 bridgehead atoms. The Kier molecular flexibility index (Phi) is 7.63. The topological polar surface area (TPSA) is 114 Å². The van der Waals surface area contributed by atoms with Gasteiger partial charge in [0.25, 0.3) is 5.91 Å². The number of rotatable bonds is 6. The van der Waals surface area contributed by atoms with E-state index in [-0.39, 0.29) is 18.0 Å². The molecule has 2 atom stereocenters. The largest absolute Gasteiger partial charge is 0.496 e. The number of nitrogens with zero attached hydrogens (tertiary/aromatic N) is 4. The van der Waals surface area contributed by atoms with Crippen molar-refractivity contribution in [3.05, 3.63) is 60.0 Å². The SMILES string of the molecule is COc1cc(C(=O)N2CCN(c3cnc(N)cc3OC)CC2[C@@H](C)O)ncc1-c1ccc(C(F)(F)F)cc1. The molecule has 0 spiro atoms. The van der Waals surface area contributed by atoms with E-state index in [2.05, 4.69) is 9.97 Å². The van der Waals surface area contributed by atoms with Crippen molar-refractivity contribution in [2.75, 3.05) is 44.5 Å². The van der Waals surface area contributed by atoms with E-state index in [4.69, 9.17) is 15.2 Å². The third-order valence-corrected chi connectivity index (χ3v) is 6.49. The Bertz CT molecular complexity index is 1300. The van der Waals surface area contributed by atoms with Crippen molar-refractivity contribution >= 4 is 17.4 Å². The van der Waals surface area contributed by atoms with Gasteiger partial charge >= 0.3 is 6.18 Å². The van der Waals surface area contributed by atoms with E-state index >= 15 is 0 Å². The minimum atomic E-state index is -4.45. The van der Waals surface area contributed by atoms with Gasteiger partial charge in [-0.25, -0.2) is 4.98 Å². The molecule has 2 aromatic heterocycles. The summed E-state index contributed by atoms with van der Waals surface area (Å²) in [6.45, 7) is 2.64. The van der Waals surface area contributed by atoms with E-state index < -0.39 is 29.8 Å². The number of amides is 1. The zero-order valence-electron chi connectivity index (χ0n) is 21.1. The number of nitrogens with two attached hydrogens (primary N) is 1. The first-order valence-corrected chi connectivity index (χ1v) is 11.8. The smallest absolute Gasteiger partial charge is 0.416 e. The highest BCUT2D eigenvalue weighted by Crippen LogP contribution is 2.35. The Hall–Kier alpha value is -4.06. The van der Waals surface area contributed by atoms with Gasteiger partial charge in [0.05, 0.1) is 43.8 Å². The Morgan fingerprint density at radius 1 is 1.08 bits per heavy atom. The molecule has 1 fully saturated rings. The summed E-state index contributed by atoms with van der Waals surface area (Å²) >= 11 is 0. The summed E-state index contributed by atoms with van der Waals surface area (Å²) in [4.78, 5) is 25.4. The average molecular weight is 532 g/mol. The number of aliphatic hydroxyl groups is 1. The van der Waals surface area contributed by atoms with Crippen molar-refractivity contribution in [1.82, 2.24) is 14.9 Å². The van der Waals surface area contributed by atoms with Crippen LogP contribution in [0.1, 0.15) is 23.0 Å². The fraction of sp³-hybridized carbons (Fsp3) is 0.346. The summed E-state index contributed by atoms with van der Waals surface area (Å²) in [5, 5.41) is 10.5. The highest BCUT2D eigenvalue weighted by molar-refractivity contribution is 5.94. The van der Waals surface area contributed by atoms with Gasteiger partial charge < -0.3 is 30.1 Å². The van der Waals surface area contributed by atoms with Crippen molar-refractivity contribution in [3.8, 4) is 22.6 Å². The fourth-order valence-corrected chi connectivity index (χ4v) is 4.47. The maximum Gasteiger partial charge on any atom is 0.416 e. The summed E-state index contributed by atoms with van der Waals surface area (Å²) in [6.07, 6.45) is -2.32. The van der Waals surface area contributed by atoms with Crippen LogP contribution in [0.25, 0.3) is 11.1 Å². The average Bonchev–Trinajstić information content (AvgIpc) is 2.91. The molecule has 3 N–H and O–H groups in total. The van der Waals surface area contributed by atoms with Crippen LogP contribution in [-0.4, -0.2) is 71.9 Å². The number of hydrogen-bond acceptors (Lipinski definition) is 8. The third-order valence-electron chi connectivity index (χ3n) is 6.49. The van der Waals surface area contributed by atoms with Gasteiger partial charge in [0, 0.05) is 43.5 Å². The van der Waals surface area contributed by atoms with Crippen molar-refractivity contribution in [3.63, 3.8) is 0 Å². The quantitative estimate of drug-likeness (QED) is 0.497. The predicted molar refractivity (Wildman–Crippen MR) is 135 cm³/mol. The first-order chi connectivity index (χ1) is 18.0. The van der Waals surface area contributed by atoms with Gasteiger partial charge in [0.2, 0.25) is 0 Å². The molecule has 1 saturated heterocycles. The third kappa shape index (κ3) is 5.44. The number of methoxy groups -OCH3 is 2. The number of aromatic nitrogens is 2. The lowest BCUT2D eigenvalue weighted by molar-refractivity contribution is -0.137. The Morgan fingerprint density at radius 3 is 2.37 bits per heavy atom. The van der Waals surface area contributed by atoms with Gasteiger partial charge in [-0.2, -0.15) is 13.2 Å². The van der Waals surface area contributed by atoms with Crippen LogP contribution in [0, 0.1) is 0 Å². The number of benzene rings is 1. The van der Waals surface area contributed by atoms with E-state index in [1.165, 1.54) is 38.6 Å². The van der Waals surface area contributed by atoms with Crippen molar-refractivity contribution < 1.29 is 32.5 Å². The molecule has 202 valence electrons. The number of alkyl halides is 3. The molecule has 9 nitrogen and oxygen atoms in total.